The zero-order valence-corrected chi connectivity index (χ0v) is 16.9. The van der Waals surface area contributed by atoms with Gasteiger partial charge in [-0.15, -0.1) is 0 Å². The summed E-state index contributed by atoms with van der Waals surface area (Å²) in [6, 6.07) is 26.6. The van der Waals surface area contributed by atoms with E-state index >= 15 is 0 Å². The zero-order chi connectivity index (χ0) is 19.3. The molecule has 1 aliphatic rings. The van der Waals surface area contributed by atoms with Crippen LogP contribution in [0.3, 0.4) is 0 Å². The Bertz CT molecular complexity index is 958. The summed E-state index contributed by atoms with van der Waals surface area (Å²) in [6.45, 7) is 2.57. The molecule has 0 bridgehead atoms. The van der Waals surface area contributed by atoms with Crippen molar-refractivity contribution in [3.05, 3.63) is 90.0 Å². The van der Waals surface area contributed by atoms with Gasteiger partial charge in [-0.1, -0.05) is 66.4 Å². The summed E-state index contributed by atoms with van der Waals surface area (Å²) in [7, 11) is 2.14. The molecule has 0 aromatic heterocycles. The SMILES string of the molecule is CN(CCCN1C(=O)c2ccccc2Sc2ccccc21)Cc1ccccc1. The predicted octanol–water partition coefficient (Wildman–Crippen LogP) is 5.32. The van der Waals surface area contributed by atoms with Gasteiger partial charge in [0.15, 0.2) is 0 Å². The van der Waals surface area contributed by atoms with E-state index in [9.17, 15) is 4.79 Å². The van der Waals surface area contributed by atoms with Gasteiger partial charge in [0.2, 0.25) is 0 Å². The second-order valence-corrected chi connectivity index (χ2v) is 8.18. The Kier molecular flexibility index (Phi) is 5.79. The Balaban J connectivity index is 1.48. The molecule has 0 unspecified atom stereocenters. The van der Waals surface area contributed by atoms with Crippen molar-refractivity contribution < 1.29 is 4.79 Å². The molecule has 0 saturated carbocycles. The highest BCUT2D eigenvalue weighted by Crippen LogP contribution is 2.41. The normalized spacial score (nSPS) is 13.2. The lowest BCUT2D eigenvalue weighted by Crippen LogP contribution is -2.33. The van der Waals surface area contributed by atoms with E-state index in [-0.39, 0.29) is 5.91 Å². The van der Waals surface area contributed by atoms with Gasteiger partial charge in [-0.25, -0.2) is 0 Å². The number of hydrogen-bond acceptors (Lipinski definition) is 3. The van der Waals surface area contributed by atoms with E-state index in [0.29, 0.717) is 6.54 Å². The van der Waals surface area contributed by atoms with E-state index in [1.807, 2.05) is 47.4 Å². The van der Waals surface area contributed by atoms with E-state index in [0.717, 1.165) is 40.6 Å². The van der Waals surface area contributed by atoms with Gasteiger partial charge in [0.1, 0.15) is 0 Å². The molecule has 1 aliphatic heterocycles. The molecule has 3 nitrogen and oxygen atoms in total. The molecule has 4 heteroatoms. The van der Waals surface area contributed by atoms with Gasteiger partial charge >= 0.3 is 0 Å². The molecule has 142 valence electrons. The van der Waals surface area contributed by atoms with Gasteiger partial charge in [-0.2, -0.15) is 0 Å². The Hall–Kier alpha value is -2.56. The van der Waals surface area contributed by atoms with Gasteiger partial charge in [-0.05, 0) is 49.8 Å². The summed E-state index contributed by atoms with van der Waals surface area (Å²) in [4.78, 5) is 19.7. The number of carbonyl (C=O) groups excluding carboxylic acids is 1. The standard InChI is InChI=1S/C24H24N2OS/c1-25(18-19-10-3-2-4-11-19)16-9-17-26-21-13-6-8-15-23(21)28-22-14-7-5-12-20(22)24(26)27/h2-8,10-15H,9,16-18H2,1H3. The molecular formula is C24H24N2OS. The number of benzene rings is 3. The van der Waals surface area contributed by atoms with Crippen molar-refractivity contribution in [1.82, 2.24) is 4.90 Å². The van der Waals surface area contributed by atoms with E-state index in [1.54, 1.807) is 11.8 Å². The molecule has 0 saturated heterocycles. The minimum absolute atomic E-state index is 0.0961. The molecule has 3 aromatic carbocycles. The van der Waals surface area contributed by atoms with Gasteiger partial charge in [0, 0.05) is 22.9 Å². The maximum atomic E-state index is 13.3. The molecule has 0 atom stereocenters. The number of amides is 1. The lowest BCUT2D eigenvalue weighted by atomic mass is 10.1. The van der Waals surface area contributed by atoms with Crippen LogP contribution in [0.5, 0.6) is 0 Å². The molecule has 3 aromatic rings. The first-order valence-corrected chi connectivity index (χ1v) is 10.4. The van der Waals surface area contributed by atoms with Crippen LogP contribution in [0.1, 0.15) is 22.3 Å². The van der Waals surface area contributed by atoms with Crippen molar-refractivity contribution in [2.45, 2.75) is 22.8 Å². The van der Waals surface area contributed by atoms with Gasteiger partial charge in [0.25, 0.3) is 5.91 Å². The third kappa shape index (κ3) is 4.13. The van der Waals surface area contributed by atoms with Crippen molar-refractivity contribution in [1.29, 1.82) is 0 Å². The number of anilines is 1. The zero-order valence-electron chi connectivity index (χ0n) is 16.0. The number of para-hydroxylation sites is 1. The monoisotopic (exact) mass is 388 g/mol. The third-order valence-corrected chi connectivity index (χ3v) is 6.10. The van der Waals surface area contributed by atoms with Crippen LogP contribution < -0.4 is 4.90 Å². The first-order chi connectivity index (χ1) is 13.7. The fraction of sp³-hybridized carbons (Fsp3) is 0.208. The number of carbonyl (C=O) groups is 1. The van der Waals surface area contributed by atoms with Crippen molar-refractivity contribution in [3.8, 4) is 0 Å². The van der Waals surface area contributed by atoms with E-state index in [2.05, 4.69) is 48.3 Å². The number of hydrogen-bond donors (Lipinski definition) is 0. The predicted molar refractivity (Wildman–Crippen MR) is 116 cm³/mol. The van der Waals surface area contributed by atoms with Crippen molar-refractivity contribution in [3.63, 3.8) is 0 Å². The third-order valence-electron chi connectivity index (χ3n) is 4.96. The molecule has 1 heterocycles. The maximum absolute atomic E-state index is 13.3. The van der Waals surface area contributed by atoms with Crippen LogP contribution in [0.4, 0.5) is 5.69 Å². The minimum atomic E-state index is 0.0961. The summed E-state index contributed by atoms with van der Waals surface area (Å²) in [5.74, 6) is 0.0961. The van der Waals surface area contributed by atoms with E-state index in [1.165, 1.54) is 5.56 Å². The lowest BCUT2D eigenvalue weighted by molar-refractivity contribution is 0.0983. The highest BCUT2D eigenvalue weighted by atomic mass is 32.2. The second-order valence-electron chi connectivity index (χ2n) is 7.10. The lowest BCUT2D eigenvalue weighted by Gasteiger charge is -2.24. The molecule has 0 spiro atoms. The summed E-state index contributed by atoms with van der Waals surface area (Å²) in [5.41, 5.74) is 3.12. The summed E-state index contributed by atoms with van der Waals surface area (Å²) in [5, 5.41) is 0. The molecule has 0 N–H and O–H groups in total. The Labute approximate surface area is 171 Å². The highest BCUT2D eigenvalue weighted by molar-refractivity contribution is 7.99. The van der Waals surface area contributed by atoms with Crippen LogP contribution >= 0.6 is 11.8 Å². The summed E-state index contributed by atoms with van der Waals surface area (Å²) in [6.07, 6.45) is 0.927. The Morgan fingerprint density at radius 2 is 1.54 bits per heavy atom. The van der Waals surface area contributed by atoms with Crippen LogP contribution in [0, 0.1) is 0 Å². The summed E-state index contributed by atoms with van der Waals surface area (Å²) >= 11 is 1.68. The van der Waals surface area contributed by atoms with Crippen molar-refractivity contribution in [2.75, 3.05) is 25.0 Å². The number of rotatable bonds is 6. The van der Waals surface area contributed by atoms with Crippen molar-refractivity contribution >= 4 is 23.4 Å². The Morgan fingerprint density at radius 1 is 0.857 bits per heavy atom. The molecule has 28 heavy (non-hydrogen) atoms. The topological polar surface area (TPSA) is 23.6 Å². The van der Waals surface area contributed by atoms with Gasteiger partial charge in [-0.3, -0.25) is 4.79 Å². The van der Waals surface area contributed by atoms with Gasteiger partial charge < -0.3 is 9.80 Å². The molecule has 1 amide bonds. The quantitative estimate of drug-likeness (QED) is 0.571. The van der Waals surface area contributed by atoms with E-state index in [4.69, 9.17) is 0 Å². The smallest absolute Gasteiger partial charge is 0.259 e. The highest BCUT2D eigenvalue weighted by Gasteiger charge is 2.26. The largest absolute Gasteiger partial charge is 0.307 e. The van der Waals surface area contributed by atoms with Crippen LogP contribution in [-0.2, 0) is 6.54 Å². The first-order valence-electron chi connectivity index (χ1n) is 9.62. The van der Waals surface area contributed by atoms with Crippen LogP contribution in [0.25, 0.3) is 0 Å². The fourth-order valence-electron chi connectivity index (χ4n) is 3.57. The average molecular weight is 389 g/mol. The molecular weight excluding hydrogens is 364 g/mol. The van der Waals surface area contributed by atoms with Crippen LogP contribution in [-0.4, -0.2) is 30.9 Å². The number of fused-ring (bicyclic) bond motifs is 2. The van der Waals surface area contributed by atoms with E-state index < -0.39 is 0 Å². The van der Waals surface area contributed by atoms with Gasteiger partial charge in [0.05, 0.1) is 11.3 Å². The fourth-order valence-corrected chi connectivity index (χ4v) is 4.65. The molecule has 0 radical (unpaired) electrons. The maximum Gasteiger partial charge on any atom is 0.259 e. The average Bonchev–Trinajstić information content (AvgIpc) is 2.84. The first kappa shape index (κ1) is 18.8. The number of nitrogens with zero attached hydrogens (tertiary/aromatic N) is 2. The van der Waals surface area contributed by atoms with Crippen LogP contribution in [0.2, 0.25) is 0 Å². The molecule has 0 fully saturated rings. The summed E-state index contributed by atoms with van der Waals surface area (Å²) < 4.78 is 0. The molecule has 0 aliphatic carbocycles. The Morgan fingerprint density at radius 3 is 2.36 bits per heavy atom. The van der Waals surface area contributed by atoms with Crippen molar-refractivity contribution in [2.24, 2.45) is 0 Å². The van der Waals surface area contributed by atoms with Crippen LogP contribution in [0.15, 0.2) is 88.7 Å². The minimum Gasteiger partial charge on any atom is -0.307 e. The molecule has 4 rings (SSSR count). The second kappa shape index (κ2) is 8.63.